The van der Waals surface area contributed by atoms with Crippen LogP contribution in [0.3, 0.4) is 0 Å². The van der Waals surface area contributed by atoms with E-state index in [1.54, 1.807) is 24.3 Å². The van der Waals surface area contributed by atoms with Gasteiger partial charge in [0.05, 0.1) is 6.61 Å². The highest BCUT2D eigenvalue weighted by atomic mass is 16.5. The summed E-state index contributed by atoms with van der Waals surface area (Å²) in [6.45, 7) is -0.327. The van der Waals surface area contributed by atoms with Crippen molar-refractivity contribution in [3.05, 3.63) is 29.8 Å². The summed E-state index contributed by atoms with van der Waals surface area (Å²) in [5.74, 6) is 0.502. The van der Waals surface area contributed by atoms with Crippen molar-refractivity contribution < 1.29 is 19.7 Å². The van der Waals surface area contributed by atoms with Crippen molar-refractivity contribution in [2.75, 3.05) is 13.2 Å². The highest BCUT2D eigenvalue weighted by Gasteiger charge is 2.02. The fourth-order valence-corrected chi connectivity index (χ4v) is 0.923. The molecule has 4 heteroatoms. The third-order valence-electron chi connectivity index (χ3n) is 1.65. The van der Waals surface area contributed by atoms with Gasteiger partial charge in [-0.1, -0.05) is 12.1 Å². The Kier molecular flexibility index (Phi) is 4.10. The molecule has 76 valence electrons. The predicted molar refractivity (Wildman–Crippen MR) is 50.4 cm³/mol. The van der Waals surface area contributed by atoms with Gasteiger partial charge in [-0.2, -0.15) is 0 Å². The molecule has 0 aromatic heterocycles. The van der Waals surface area contributed by atoms with Crippen molar-refractivity contribution in [1.82, 2.24) is 0 Å². The van der Waals surface area contributed by atoms with E-state index in [-0.39, 0.29) is 13.2 Å². The average Bonchev–Trinajstić information content (AvgIpc) is 2.26. The number of hydrogen-bond acceptors (Lipinski definition) is 4. The van der Waals surface area contributed by atoms with Crippen molar-refractivity contribution in [2.24, 2.45) is 0 Å². The van der Waals surface area contributed by atoms with Crippen LogP contribution in [0.15, 0.2) is 24.3 Å². The maximum absolute atomic E-state index is 10.4. The van der Waals surface area contributed by atoms with Crippen LogP contribution in [0.1, 0.15) is 10.4 Å². The molecule has 0 heterocycles. The zero-order valence-electron chi connectivity index (χ0n) is 7.59. The first-order valence-corrected chi connectivity index (χ1v) is 4.23. The Morgan fingerprint density at radius 3 is 2.93 bits per heavy atom. The summed E-state index contributed by atoms with van der Waals surface area (Å²) >= 11 is 0. The smallest absolute Gasteiger partial charge is 0.150 e. The maximum Gasteiger partial charge on any atom is 0.150 e. The number of aliphatic hydroxyl groups is 2. The lowest BCUT2D eigenvalue weighted by Crippen LogP contribution is -2.21. The van der Waals surface area contributed by atoms with Crippen molar-refractivity contribution in [1.29, 1.82) is 0 Å². The molecule has 0 bridgehead atoms. The Hall–Kier alpha value is -1.39. The molecule has 1 rings (SSSR count). The number of hydrogen-bond donors (Lipinski definition) is 2. The molecule has 1 aromatic rings. The first kappa shape index (κ1) is 10.7. The highest BCUT2D eigenvalue weighted by molar-refractivity contribution is 5.75. The van der Waals surface area contributed by atoms with Gasteiger partial charge in [-0.15, -0.1) is 0 Å². The van der Waals surface area contributed by atoms with Crippen LogP contribution < -0.4 is 4.74 Å². The Morgan fingerprint density at radius 2 is 2.29 bits per heavy atom. The number of aldehydes is 1. The molecule has 0 amide bonds. The first-order chi connectivity index (χ1) is 6.76. The van der Waals surface area contributed by atoms with E-state index in [0.717, 1.165) is 6.29 Å². The third-order valence-corrected chi connectivity index (χ3v) is 1.65. The molecular weight excluding hydrogens is 184 g/mol. The topological polar surface area (TPSA) is 66.8 Å². The Morgan fingerprint density at radius 1 is 1.50 bits per heavy atom. The van der Waals surface area contributed by atoms with Crippen LogP contribution in [0.5, 0.6) is 5.75 Å². The van der Waals surface area contributed by atoms with E-state index in [1.165, 1.54) is 0 Å². The van der Waals surface area contributed by atoms with E-state index in [9.17, 15) is 4.79 Å². The maximum atomic E-state index is 10.4. The normalized spacial score (nSPS) is 12.1. The van der Waals surface area contributed by atoms with Crippen LogP contribution in [0.25, 0.3) is 0 Å². The molecule has 0 saturated carbocycles. The standard InChI is InChI=1S/C10H12O4/c11-5-8-2-1-3-10(4-8)14-7-9(13)6-12/h1-5,9,12-13H,6-7H2. The first-order valence-electron chi connectivity index (χ1n) is 4.23. The number of ether oxygens (including phenoxy) is 1. The van der Waals surface area contributed by atoms with Gasteiger partial charge in [-0.25, -0.2) is 0 Å². The molecule has 0 radical (unpaired) electrons. The summed E-state index contributed by atoms with van der Waals surface area (Å²) in [4.78, 5) is 10.4. The number of benzene rings is 1. The van der Waals surface area contributed by atoms with Gasteiger partial charge >= 0.3 is 0 Å². The van der Waals surface area contributed by atoms with E-state index in [2.05, 4.69) is 0 Å². The Labute approximate surface area is 81.8 Å². The summed E-state index contributed by atoms with van der Waals surface area (Å²) in [5.41, 5.74) is 0.515. The second kappa shape index (κ2) is 5.36. The number of aliphatic hydroxyl groups excluding tert-OH is 2. The van der Waals surface area contributed by atoms with Crippen molar-refractivity contribution in [2.45, 2.75) is 6.10 Å². The van der Waals surface area contributed by atoms with Gasteiger partial charge in [-0.05, 0) is 12.1 Å². The molecule has 0 aliphatic carbocycles. The lowest BCUT2D eigenvalue weighted by atomic mass is 10.2. The monoisotopic (exact) mass is 196 g/mol. The predicted octanol–water partition coefficient (Wildman–Crippen LogP) is 0.231. The van der Waals surface area contributed by atoms with Gasteiger partial charge in [-0.3, -0.25) is 4.79 Å². The molecule has 2 N–H and O–H groups in total. The number of carbonyl (C=O) groups excluding carboxylic acids is 1. The minimum Gasteiger partial charge on any atom is -0.491 e. The Bertz CT molecular complexity index is 298. The highest BCUT2D eigenvalue weighted by Crippen LogP contribution is 2.11. The SMILES string of the molecule is O=Cc1cccc(OCC(O)CO)c1. The molecular formula is C10H12O4. The van der Waals surface area contributed by atoms with Gasteiger partial charge in [0, 0.05) is 5.56 Å². The van der Waals surface area contributed by atoms with Crippen molar-refractivity contribution in [3.8, 4) is 5.75 Å². The van der Waals surface area contributed by atoms with Gasteiger partial charge < -0.3 is 14.9 Å². The van der Waals surface area contributed by atoms with Gasteiger partial charge in [0.15, 0.2) is 0 Å². The molecule has 1 atom stereocenters. The van der Waals surface area contributed by atoms with E-state index < -0.39 is 6.10 Å². The molecule has 4 nitrogen and oxygen atoms in total. The molecule has 14 heavy (non-hydrogen) atoms. The zero-order chi connectivity index (χ0) is 10.4. The van der Waals surface area contributed by atoms with Crippen LogP contribution in [-0.2, 0) is 0 Å². The molecule has 0 aliphatic heterocycles. The minimum atomic E-state index is -0.894. The number of carbonyl (C=O) groups is 1. The lowest BCUT2D eigenvalue weighted by molar-refractivity contribution is 0.0536. The molecule has 1 unspecified atom stereocenters. The zero-order valence-corrected chi connectivity index (χ0v) is 7.59. The van der Waals surface area contributed by atoms with Crippen LogP contribution in [0.4, 0.5) is 0 Å². The van der Waals surface area contributed by atoms with Crippen LogP contribution >= 0.6 is 0 Å². The summed E-state index contributed by atoms with van der Waals surface area (Å²) in [7, 11) is 0. The largest absolute Gasteiger partial charge is 0.491 e. The summed E-state index contributed by atoms with van der Waals surface area (Å²) in [5, 5.41) is 17.5. The quantitative estimate of drug-likeness (QED) is 0.661. The van der Waals surface area contributed by atoms with Gasteiger partial charge in [0.2, 0.25) is 0 Å². The van der Waals surface area contributed by atoms with Crippen molar-refractivity contribution in [3.63, 3.8) is 0 Å². The summed E-state index contributed by atoms with van der Waals surface area (Å²) < 4.78 is 5.13. The van der Waals surface area contributed by atoms with Gasteiger partial charge in [0.1, 0.15) is 24.7 Å². The molecule has 0 spiro atoms. The Balaban J connectivity index is 2.54. The van der Waals surface area contributed by atoms with E-state index in [1.807, 2.05) is 0 Å². The summed E-state index contributed by atoms with van der Waals surface area (Å²) in [6, 6.07) is 6.58. The van der Waals surface area contributed by atoms with Crippen LogP contribution in [0.2, 0.25) is 0 Å². The number of rotatable bonds is 5. The van der Waals surface area contributed by atoms with E-state index >= 15 is 0 Å². The second-order valence-electron chi connectivity index (χ2n) is 2.84. The third kappa shape index (κ3) is 3.16. The second-order valence-corrected chi connectivity index (χ2v) is 2.84. The van der Waals surface area contributed by atoms with E-state index in [0.29, 0.717) is 11.3 Å². The molecule has 1 aromatic carbocycles. The van der Waals surface area contributed by atoms with Crippen LogP contribution in [0, 0.1) is 0 Å². The molecule has 0 aliphatic rings. The minimum absolute atomic E-state index is 0.0127. The molecule has 0 fully saturated rings. The molecule has 0 saturated heterocycles. The van der Waals surface area contributed by atoms with Crippen LogP contribution in [-0.4, -0.2) is 35.8 Å². The lowest BCUT2D eigenvalue weighted by Gasteiger charge is -2.09. The average molecular weight is 196 g/mol. The fraction of sp³-hybridized carbons (Fsp3) is 0.300. The van der Waals surface area contributed by atoms with E-state index in [4.69, 9.17) is 14.9 Å². The van der Waals surface area contributed by atoms with Gasteiger partial charge in [0.25, 0.3) is 0 Å². The van der Waals surface area contributed by atoms with Crippen molar-refractivity contribution >= 4 is 6.29 Å². The summed E-state index contributed by atoms with van der Waals surface area (Å²) in [6.07, 6.45) is -0.176. The fourth-order valence-electron chi connectivity index (χ4n) is 0.923.